The minimum absolute atomic E-state index is 0.00829. The molecule has 45 heavy (non-hydrogen) atoms. The van der Waals surface area contributed by atoms with Gasteiger partial charge in [-0.25, -0.2) is 0 Å². The van der Waals surface area contributed by atoms with Gasteiger partial charge in [0, 0.05) is 24.2 Å². The van der Waals surface area contributed by atoms with Crippen LogP contribution in [0.1, 0.15) is 51.2 Å². The number of nitrogens with zero attached hydrogens (tertiary/aromatic N) is 1. The third-order valence-electron chi connectivity index (χ3n) is 7.39. The number of aliphatic hydroxyl groups excluding tert-OH is 1. The predicted octanol–water partition coefficient (Wildman–Crippen LogP) is 5.38. The first-order valence-corrected chi connectivity index (χ1v) is 14.8. The molecule has 0 aliphatic heterocycles. The van der Waals surface area contributed by atoms with Crippen LogP contribution in [-0.2, 0) is 11.2 Å². The third-order valence-corrected chi connectivity index (χ3v) is 7.39. The Balaban J connectivity index is 1.63. The molecule has 0 saturated carbocycles. The van der Waals surface area contributed by atoms with Gasteiger partial charge in [-0.05, 0) is 59.9 Å². The molecule has 0 aliphatic carbocycles. The summed E-state index contributed by atoms with van der Waals surface area (Å²) in [6.45, 7) is 2.33. The van der Waals surface area contributed by atoms with Gasteiger partial charge in [-0.2, -0.15) is 0 Å². The Labute approximate surface area is 263 Å². The second kappa shape index (κ2) is 16.1. The summed E-state index contributed by atoms with van der Waals surface area (Å²) in [5, 5.41) is 22.3. The van der Waals surface area contributed by atoms with Crippen LogP contribution in [0.25, 0.3) is 11.1 Å². The number of aliphatic hydroxyl groups is 1. The molecule has 4 aromatic rings. The monoisotopic (exact) mass is 610 g/mol. The van der Waals surface area contributed by atoms with Crippen molar-refractivity contribution in [2.45, 2.75) is 25.8 Å². The maximum absolute atomic E-state index is 14.1. The molecule has 4 aromatic carbocycles. The van der Waals surface area contributed by atoms with Gasteiger partial charge in [0.25, 0.3) is 11.8 Å². The maximum Gasteiger partial charge on any atom is 0.305 e. The summed E-state index contributed by atoms with van der Waals surface area (Å²) in [5.74, 6) is -0.564. The Morgan fingerprint density at radius 3 is 2.11 bits per heavy atom. The lowest BCUT2D eigenvalue weighted by atomic mass is 9.94. The first kappa shape index (κ1) is 32.8. The highest BCUT2D eigenvalue weighted by molar-refractivity contribution is 6.06. The largest absolute Gasteiger partial charge is 0.493 e. The zero-order valence-electron chi connectivity index (χ0n) is 25.4. The van der Waals surface area contributed by atoms with E-state index in [0.717, 1.165) is 11.1 Å². The van der Waals surface area contributed by atoms with E-state index >= 15 is 0 Å². The molecular weight excluding hydrogens is 572 g/mol. The van der Waals surface area contributed by atoms with Crippen molar-refractivity contribution >= 4 is 17.8 Å². The van der Waals surface area contributed by atoms with Gasteiger partial charge in [-0.15, -0.1) is 0 Å². The molecule has 234 valence electrons. The van der Waals surface area contributed by atoms with Crippen LogP contribution in [0.4, 0.5) is 0 Å². The number of rotatable bonds is 15. The summed E-state index contributed by atoms with van der Waals surface area (Å²) in [4.78, 5) is 40.7. The molecule has 1 unspecified atom stereocenters. The van der Waals surface area contributed by atoms with Crippen LogP contribution in [-0.4, -0.2) is 66.3 Å². The van der Waals surface area contributed by atoms with E-state index in [1.54, 1.807) is 61.7 Å². The lowest BCUT2D eigenvalue weighted by Crippen LogP contribution is -2.35. The third kappa shape index (κ3) is 8.49. The zero-order valence-corrected chi connectivity index (χ0v) is 25.4. The van der Waals surface area contributed by atoms with Crippen LogP contribution >= 0.6 is 0 Å². The van der Waals surface area contributed by atoms with Crippen molar-refractivity contribution in [1.29, 1.82) is 0 Å². The van der Waals surface area contributed by atoms with Gasteiger partial charge in [-0.3, -0.25) is 14.4 Å². The minimum atomic E-state index is -1.01. The average Bonchev–Trinajstić information content (AvgIpc) is 3.07. The minimum Gasteiger partial charge on any atom is -0.493 e. The Kier molecular flexibility index (Phi) is 11.7. The van der Waals surface area contributed by atoms with E-state index in [9.17, 15) is 24.6 Å². The molecule has 1 atom stereocenters. The van der Waals surface area contributed by atoms with Crippen molar-refractivity contribution in [3.05, 3.63) is 119 Å². The zero-order chi connectivity index (χ0) is 32.2. The van der Waals surface area contributed by atoms with Gasteiger partial charge in [-0.1, -0.05) is 72.8 Å². The molecular formula is C36H38N2O7. The van der Waals surface area contributed by atoms with Gasteiger partial charge in [0.05, 0.1) is 32.8 Å². The highest BCUT2D eigenvalue weighted by atomic mass is 16.5. The summed E-state index contributed by atoms with van der Waals surface area (Å²) in [7, 11) is 1.57. The van der Waals surface area contributed by atoms with Crippen molar-refractivity contribution in [2.24, 2.45) is 0 Å². The van der Waals surface area contributed by atoms with Crippen LogP contribution in [0.5, 0.6) is 11.5 Å². The SMILES string of the molecule is CCOc1cc(CCN(CCC(=O)O)C(=O)c2ccccc2-c2ccccc2C(=O)NC(CO)c2ccccc2)ccc1OC. The van der Waals surface area contributed by atoms with E-state index in [4.69, 9.17) is 9.47 Å². The van der Waals surface area contributed by atoms with Crippen LogP contribution in [0.3, 0.4) is 0 Å². The molecule has 2 amide bonds. The number of methoxy groups -OCH3 is 1. The van der Waals surface area contributed by atoms with Crippen molar-refractivity contribution in [1.82, 2.24) is 10.2 Å². The van der Waals surface area contributed by atoms with Crippen molar-refractivity contribution in [3.63, 3.8) is 0 Å². The number of amides is 2. The van der Waals surface area contributed by atoms with E-state index in [-0.39, 0.29) is 32.0 Å². The molecule has 0 spiro atoms. The molecule has 0 heterocycles. The van der Waals surface area contributed by atoms with E-state index in [0.29, 0.717) is 46.8 Å². The number of benzene rings is 4. The van der Waals surface area contributed by atoms with E-state index in [2.05, 4.69) is 5.32 Å². The van der Waals surface area contributed by atoms with E-state index in [1.807, 2.05) is 49.4 Å². The highest BCUT2D eigenvalue weighted by Crippen LogP contribution is 2.30. The van der Waals surface area contributed by atoms with Crippen LogP contribution in [0.15, 0.2) is 97.1 Å². The number of carbonyl (C=O) groups excluding carboxylic acids is 2. The summed E-state index contributed by atoms with van der Waals surface area (Å²) in [5.41, 5.74) is 3.43. The molecule has 0 radical (unpaired) electrons. The number of carboxylic acid groups (broad SMARTS) is 1. The molecule has 0 aliphatic rings. The number of nitrogens with one attached hydrogen (secondary N) is 1. The topological polar surface area (TPSA) is 125 Å². The Morgan fingerprint density at radius 1 is 0.822 bits per heavy atom. The number of hydrogen-bond donors (Lipinski definition) is 3. The normalized spacial score (nSPS) is 11.4. The number of hydrogen-bond acceptors (Lipinski definition) is 6. The Hall–Kier alpha value is -5.15. The number of carboxylic acids is 1. The van der Waals surface area contributed by atoms with Crippen molar-refractivity contribution in [3.8, 4) is 22.6 Å². The summed E-state index contributed by atoms with van der Waals surface area (Å²) in [6, 6.07) is 28.1. The number of ether oxygens (including phenoxy) is 2. The van der Waals surface area contributed by atoms with Gasteiger partial charge in [0.1, 0.15) is 0 Å². The van der Waals surface area contributed by atoms with Crippen LogP contribution < -0.4 is 14.8 Å². The van der Waals surface area contributed by atoms with Gasteiger partial charge in [0.15, 0.2) is 11.5 Å². The van der Waals surface area contributed by atoms with Crippen LogP contribution in [0, 0.1) is 0 Å². The number of aliphatic carboxylic acids is 1. The van der Waals surface area contributed by atoms with Gasteiger partial charge >= 0.3 is 5.97 Å². The molecule has 4 rings (SSSR count). The van der Waals surface area contributed by atoms with Crippen molar-refractivity contribution in [2.75, 3.05) is 33.4 Å². The van der Waals surface area contributed by atoms with E-state index < -0.39 is 17.9 Å². The second-order valence-electron chi connectivity index (χ2n) is 10.3. The molecule has 9 heteroatoms. The lowest BCUT2D eigenvalue weighted by molar-refractivity contribution is -0.137. The van der Waals surface area contributed by atoms with Crippen LogP contribution in [0.2, 0.25) is 0 Å². The van der Waals surface area contributed by atoms with Gasteiger partial charge in [0.2, 0.25) is 0 Å². The summed E-state index contributed by atoms with van der Waals surface area (Å²) < 4.78 is 11.1. The first-order chi connectivity index (χ1) is 21.9. The van der Waals surface area contributed by atoms with Crippen molar-refractivity contribution < 1.29 is 34.1 Å². The highest BCUT2D eigenvalue weighted by Gasteiger charge is 2.24. The van der Waals surface area contributed by atoms with Gasteiger partial charge < -0.3 is 29.9 Å². The molecule has 0 fully saturated rings. The molecule has 0 bridgehead atoms. The predicted molar refractivity (Wildman–Crippen MR) is 172 cm³/mol. The maximum atomic E-state index is 14.1. The fourth-order valence-corrected chi connectivity index (χ4v) is 5.10. The number of carbonyl (C=O) groups is 3. The lowest BCUT2D eigenvalue weighted by Gasteiger charge is -2.24. The molecule has 3 N–H and O–H groups in total. The van der Waals surface area contributed by atoms with E-state index in [1.165, 1.54) is 4.90 Å². The molecule has 9 nitrogen and oxygen atoms in total. The average molecular weight is 611 g/mol. The molecule has 0 aromatic heterocycles. The summed E-state index contributed by atoms with van der Waals surface area (Å²) >= 11 is 0. The first-order valence-electron chi connectivity index (χ1n) is 14.8. The second-order valence-corrected chi connectivity index (χ2v) is 10.3. The smallest absolute Gasteiger partial charge is 0.305 e. The molecule has 0 saturated heterocycles. The fourth-order valence-electron chi connectivity index (χ4n) is 5.10. The quantitative estimate of drug-likeness (QED) is 0.165. The fraction of sp³-hybridized carbons (Fsp3) is 0.250. The Bertz CT molecular complexity index is 1610. The standard InChI is InChI=1S/C36H38N2O7/c1-3-45-33-23-25(17-18-32(33)44-2)19-21-38(22-20-34(40)41)36(43)30-16-10-8-14-28(30)27-13-7-9-15-29(27)35(42)37-31(24-39)26-11-5-4-6-12-26/h4-18,23,31,39H,3,19-22,24H2,1-2H3,(H,37,42)(H,40,41). The Morgan fingerprint density at radius 2 is 1.47 bits per heavy atom. The summed E-state index contributed by atoms with van der Waals surface area (Å²) in [6.07, 6.45) is 0.236.